The molecule has 4 nitrogen and oxygen atoms in total. The molecule has 0 aliphatic heterocycles. The largest absolute Gasteiger partial charge is 0.321 e. The van der Waals surface area contributed by atoms with Gasteiger partial charge in [-0.15, -0.1) is 0 Å². The number of carbonyl (C=O) groups excluding carboxylic acids is 1. The van der Waals surface area contributed by atoms with Crippen LogP contribution in [0.25, 0.3) is 16.8 Å². The van der Waals surface area contributed by atoms with Crippen molar-refractivity contribution in [3.05, 3.63) is 101 Å². The number of amides is 1. The monoisotopic (exact) mass is 407 g/mol. The predicted octanol–water partition coefficient (Wildman–Crippen LogP) is 6.10. The van der Waals surface area contributed by atoms with Gasteiger partial charge in [0.25, 0.3) is 5.91 Å². The van der Waals surface area contributed by atoms with Gasteiger partial charge in [-0.2, -0.15) is 5.10 Å². The third kappa shape index (κ3) is 3.79. The topological polar surface area (TPSA) is 46.9 Å². The van der Waals surface area contributed by atoms with E-state index in [4.69, 9.17) is 23.2 Å². The molecule has 1 amide bonds. The molecule has 6 heteroatoms. The molecule has 0 atom stereocenters. The first-order valence-electron chi connectivity index (χ1n) is 8.58. The van der Waals surface area contributed by atoms with Gasteiger partial charge >= 0.3 is 0 Å². The minimum atomic E-state index is -0.261. The van der Waals surface area contributed by atoms with E-state index in [2.05, 4.69) is 10.4 Å². The zero-order valence-electron chi connectivity index (χ0n) is 14.6. The number of aromatic nitrogens is 2. The summed E-state index contributed by atoms with van der Waals surface area (Å²) in [7, 11) is 0. The zero-order valence-corrected chi connectivity index (χ0v) is 16.2. The van der Waals surface area contributed by atoms with E-state index < -0.39 is 0 Å². The fourth-order valence-electron chi connectivity index (χ4n) is 2.88. The van der Waals surface area contributed by atoms with Crippen LogP contribution >= 0.6 is 23.2 Å². The molecule has 1 heterocycles. The quantitative estimate of drug-likeness (QED) is 0.444. The predicted molar refractivity (Wildman–Crippen MR) is 113 cm³/mol. The number of nitrogens with zero attached hydrogens (tertiary/aromatic N) is 2. The van der Waals surface area contributed by atoms with E-state index in [0.717, 1.165) is 16.8 Å². The number of benzene rings is 3. The molecule has 4 aromatic rings. The maximum atomic E-state index is 12.6. The number of anilines is 1. The summed E-state index contributed by atoms with van der Waals surface area (Å²) in [5.74, 6) is -0.261. The summed E-state index contributed by atoms with van der Waals surface area (Å²) in [6.07, 6.45) is 3.67. The summed E-state index contributed by atoms with van der Waals surface area (Å²) in [5.41, 5.74) is 3.75. The molecular formula is C22H15Cl2N3O. The van der Waals surface area contributed by atoms with E-state index >= 15 is 0 Å². The fourth-order valence-corrected chi connectivity index (χ4v) is 3.22. The normalized spacial score (nSPS) is 10.6. The summed E-state index contributed by atoms with van der Waals surface area (Å²) in [5, 5.41) is 8.45. The lowest BCUT2D eigenvalue weighted by Crippen LogP contribution is -2.13. The van der Waals surface area contributed by atoms with Crippen molar-refractivity contribution in [3.8, 4) is 16.8 Å². The van der Waals surface area contributed by atoms with Gasteiger partial charge in [-0.25, -0.2) is 4.68 Å². The second-order valence-electron chi connectivity index (χ2n) is 6.13. The Labute approximate surface area is 172 Å². The molecule has 0 saturated carbocycles. The number of halogens is 2. The molecule has 0 saturated heterocycles. The third-order valence-corrected chi connectivity index (χ3v) is 4.86. The van der Waals surface area contributed by atoms with Crippen molar-refractivity contribution in [2.24, 2.45) is 0 Å². The van der Waals surface area contributed by atoms with E-state index in [1.807, 2.05) is 54.7 Å². The summed E-state index contributed by atoms with van der Waals surface area (Å²) < 4.78 is 1.76. The standard InChI is InChI=1S/C22H15Cl2N3O/c23-16-9-11-17(12-10-16)27-14-15(13-25-27)18-5-2-4-8-21(18)26-22(28)19-6-1-3-7-20(19)24/h1-14H,(H,26,28). The molecule has 0 bridgehead atoms. The molecule has 1 aromatic heterocycles. The highest BCUT2D eigenvalue weighted by Crippen LogP contribution is 2.29. The van der Waals surface area contributed by atoms with Gasteiger partial charge in [0.2, 0.25) is 0 Å². The minimum Gasteiger partial charge on any atom is -0.321 e. The highest BCUT2D eigenvalue weighted by molar-refractivity contribution is 6.34. The van der Waals surface area contributed by atoms with Crippen LogP contribution in [0.5, 0.6) is 0 Å². The lowest BCUT2D eigenvalue weighted by atomic mass is 10.1. The van der Waals surface area contributed by atoms with Gasteiger partial charge in [0, 0.05) is 28.0 Å². The molecule has 0 aliphatic rings. The Morgan fingerprint density at radius 3 is 2.39 bits per heavy atom. The second kappa shape index (κ2) is 7.89. The molecule has 4 rings (SSSR count). The smallest absolute Gasteiger partial charge is 0.257 e. The maximum absolute atomic E-state index is 12.6. The lowest BCUT2D eigenvalue weighted by Gasteiger charge is -2.10. The molecular weight excluding hydrogens is 393 g/mol. The Morgan fingerprint density at radius 2 is 1.61 bits per heavy atom. The lowest BCUT2D eigenvalue weighted by molar-refractivity contribution is 0.102. The Kier molecular flexibility index (Phi) is 5.15. The highest BCUT2D eigenvalue weighted by Gasteiger charge is 2.13. The van der Waals surface area contributed by atoms with Crippen LogP contribution in [-0.2, 0) is 0 Å². The number of hydrogen-bond donors (Lipinski definition) is 1. The number of hydrogen-bond acceptors (Lipinski definition) is 2. The van der Waals surface area contributed by atoms with Crippen molar-refractivity contribution < 1.29 is 4.79 Å². The Morgan fingerprint density at radius 1 is 0.893 bits per heavy atom. The average Bonchev–Trinajstić information content (AvgIpc) is 3.19. The summed E-state index contributed by atoms with van der Waals surface area (Å²) >= 11 is 12.1. The third-order valence-electron chi connectivity index (χ3n) is 4.28. The Balaban J connectivity index is 1.64. The van der Waals surface area contributed by atoms with Crippen LogP contribution in [0.1, 0.15) is 10.4 Å². The summed E-state index contributed by atoms with van der Waals surface area (Å²) in [6, 6.07) is 21.9. The van der Waals surface area contributed by atoms with Crippen molar-refractivity contribution in [3.63, 3.8) is 0 Å². The molecule has 138 valence electrons. The van der Waals surface area contributed by atoms with Gasteiger partial charge in [0.15, 0.2) is 0 Å². The van der Waals surface area contributed by atoms with Crippen molar-refractivity contribution >= 4 is 34.8 Å². The minimum absolute atomic E-state index is 0.261. The van der Waals surface area contributed by atoms with Crippen LogP contribution in [0.15, 0.2) is 85.2 Å². The van der Waals surface area contributed by atoms with Crippen molar-refractivity contribution in [1.82, 2.24) is 9.78 Å². The van der Waals surface area contributed by atoms with Crippen LogP contribution in [-0.4, -0.2) is 15.7 Å². The first kappa shape index (κ1) is 18.3. The number of nitrogens with one attached hydrogen (secondary N) is 1. The SMILES string of the molecule is O=C(Nc1ccccc1-c1cnn(-c2ccc(Cl)cc2)c1)c1ccccc1Cl. The molecule has 0 radical (unpaired) electrons. The van der Waals surface area contributed by atoms with Gasteiger partial charge in [0.05, 0.1) is 22.5 Å². The average molecular weight is 408 g/mol. The van der Waals surface area contributed by atoms with Crippen molar-refractivity contribution in [1.29, 1.82) is 0 Å². The van der Waals surface area contributed by atoms with Gasteiger partial charge in [-0.1, -0.05) is 53.5 Å². The molecule has 0 fully saturated rings. The highest BCUT2D eigenvalue weighted by atomic mass is 35.5. The van der Waals surface area contributed by atoms with E-state index in [1.165, 1.54) is 0 Å². The maximum Gasteiger partial charge on any atom is 0.257 e. The van der Waals surface area contributed by atoms with Crippen molar-refractivity contribution in [2.45, 2.75) is 0 Å². The van der Waals surface area contributed by atoms with Gasteiger partial charge in [0.1, 0.15) is 0 Å². The van der Waals surface area contributed by atoms with Crippen LogP contribution in [0.2, 0.25) is 10.0 Å². The molecule has 0 unspecified atom stereocenters. The number of rotatable bonds is 4. The summed E-state index contributed by atoms with van der Waals surface area (Å²) in [4.78, 5) is 12.6. The van der Waals surface area contributed by atoms with Crippen LogP contribution in [0.4, 0.5) is 5.69 Å². The molecule has 0 aliphatic carbocycles. The van der Waals surface area contributed by atoms with E-state index in [9.17, 15) is 4.79 Å². The number of carbonyl (C=O) groups is 1. The summed E-state index contributed by atoms with van der Waals surface area (Å²) in [6.45, 7) is 0. The first-order chi connectivity index (χ1) is 13.6. The second-order valence-corrected chi connectivity index (χ2v) is 6.97. The Hall–Kier alpha value is -3.08. The van der Waals surface area contributed by atoms with Crippen LogP contribution in [0.3, 0.4) is 0 Å². The molecule has 0 spiro atoms. The van der Waals surface area contributed by atoms with Gasteiger partial charge in [-0.05, 0) is 42.5 Å². The van der Waals surface area contributed by atoms with Gasteiger partial charge < -0.3 is 5.32 Å². The molecule has 3 aromatic carbocycles. The van der Waals surface area contributed by atoms with Crippen molar-refractivity contribution in [2.75, 3.05) is 5.32 Å². The van der Waals surface area contributed by atoms with E-state index in [1.54, 1.807) is 35.1 Å². The fraction of sp³-hybridized carbons (Fsp3) is 0. The molecule has 1 N–H and O–H groups in total. The number of para-hydroxylation sites is 1. The zero-order chi connectivity index (χ0) is 19.5. The van der Waals surface area contributed by atoms with E-state index in [0.29, 0.717) is 21.3 Å². The van der Waals surface area contributed by atoms with E-state index in [-0.39, 0.29) is 5.91 Å². The van der Waals surface area contributed by atoms with Crippen LogP contribution in [0, 0.1) is 0 Å². The van der Waals surface area contributed by atoms with Crippen LogP contribution < -0.4 is 5.32 Å². The molecule has 28 heavy (non-hydrogen) atoms. The van der Waals surface area contributed by atoms with Gasteiger partial charge in [-0.3, -0.25) is 4.79 Å². The Bertz CT molecular complexity index is 1140. The first-order valence-corrected chi connectivity index (χ1v) is 9.33.